The molecular formula is C20H33N3O19P2. The van der Waals surface area contributed by atoms with Crippen LogP contribution >= 0.6 is 15.6 Å². The zero-order chi connectivity index (χ0) is 33.0. The van der Waals surface area contributed by atoms with E-state index in [4.69, 9.17) is 23.5 Å². The summed E-state index contributed by atoms with van der Waals surface area (Å²) in [5.74, 6) is -4.49. The molecule has 0 radical (unpaired) electrons. The summed E-state index contributed by atoms with van der Waals surface area (Å²) in [7, 11) is -9.80. The number of carbonyl (C=O) groups excluding carboxylic acids is 1. The van der Waals surface area contributed by atoms with Gasteiger partial charge in [-0.05, 0) is 0 Å². The Labute approximate surface area is 246 Å². The van der Waals surface area contributed by atoms with Gasteiger partial charge in [0.1, 0.15) is 37.1 Å². The molecule has 2 aliphatic rings. The quantitative estimate of drug-likeness (QED) is 0.0547. The van der Waals surface area contributed by atoms with Crippen molar-refractivity contribution >= 4 is 21.7 Å². The number of hydrogen-bond donors (Lipinski definition) is 9. The fraction of sp³-hybridized carbons (Fsp3) is 0.750. The summed E-state index contributed by atoms with van der Waals surface area (Å²) in [6.45, 7) is -0.756. The topological polar surface area (TPSA) is 324 Å². The minimum absolute atomic E-state index is 0.0580. The fourth-order valence-corrected chi connectivity index (χ4v) is 6.30. The Bertz CT molecular complexity index is 1350. The molecule has 0 bridgehead atoms. The van der Waals surface area contributed by atoms with Crippen molar-refractivity contribution in [3.05, 3.63) is 33.1 Å². The predicted molar refractivity (Wildman–Crippen MR) is 137 cm³/mol. The number of carbonyl (C=O) groups is 1. The third kappa shape index (κ3) is 9.00. The zero-order valence-corrected chi connectivity index (χ0v) is 24.8. The lowest BCUT2D eigenvalue weighted by Gasteiger charge is -2.45. The normalized spacial score (nSPS) is 32.8. The second kappa shape index (κ2) is 14.5. The molecule has 10 atom stereocenters. The molecule has 252 valence electrons. The minimum atomic E-state index is -5.63. The molecule has 0 aliphatic carbocycles. The highest BCUT2D eigenvalue weighted by atomic mass is 31.3. The van der Waals surface area contributed by atoms with Crippen LogP contribution in [-0.4, -0.2) is 127 Å². The van der Waals surface area contributed by atoms with Crippen molar-refractivity contribution in [2.45, 2.75) is 55.7 Å². The Morgan fingerprint density at radius 2 is 1.80 bits per heavy atom. The number of nitrogens with zero attached hydrogens (tertiary/aromatic N) is 1. The van der Waals surface area contributed by atoms with Gasteiger partial charge in [-0.15, -0.1) is 0 Å². The van der Waals surface area contributed by atoms with Gasteiger partial charge >= 0.3 is 27.4 Å². The largest absolute Gasteiger partial charge is 0.483 e. The van der Waals surface area contributed by atoms with E-state index in [9.17, 15) is 58.8 Å². The van der Waals surface area contributed by atoms with Crippen LogP contribution in [0.4, 0.5) is 4.79 Å². The number of rotatable bonds is 13. The van der Waals surface area contributed by atoms with Crippen molar-refractivity contribution in [1.29, 1.82) is 0 Å². The summed E-state index contributed by atoms with van der Waals surface area (Å²) >= 11 is 0. The van der Waals surface area contributed by atoms with Crippen LogP contribution in [0, 0.1) is 5.92 Å². The van der Waals surface area contributed by atoms with Crippen molar-refractivity contribution in [3.8, 4) is 0 Å². The molecule has 9 N–H and O–H groups in total. The number of alkyl carbamates (subject to hydrolysis) is 1. The van der Waals surface area contributed by atoms with Crippen LogP contribution in [0.1, 0.15) is 13.2 Å². The van der Waals surface area contributed by atoms with Crippen molar-refractivity contribution < 1.29 is 81.5 Å². The highest BCUT2D eigenvalue weighted by Crippen LogP contribution is 2.62. The van der Waals surface area contributed by atoms with Crippen LogP contribution in [0.25, 0.3) is 0 Å². The summed E-state index contributed by atoms with van der Waals surface area (Å²) in [4.78, 5) is 57.0. The van der Waals surface area contributed by atoms with Crippen LogP contribution in [0.3, 0.4) is 0 Å². The molecule has 3 heterocycles. The molecular weight excluding hydrogens is 648 g/mol. The molecule has 2 aliphatic heterocycles. The van der Waals surface area contributed by atoms with Gasteiger partial charge in [-0.1, -0.05) is 6.92 Å². The number of aliphatic hydroxyl groups excluding tert-OH is 3. The monoisotopic (exact) mass is 681 g/mol. The second-order valence-corrected chi connectivity index (χ2v) is 12.6. The number of ether oxygens (including phenoxy) is 4. The standard InChI is InChI=1S/C20H33N3O19P2/c1-9-15(27)20(30,31)11(7-21-19(29)37-6-5-36-2)40-17(9)41-44(34,35)42-43(32,33)38-8-10-13(25)14(26)16(39-10)23-4-3-12(24)22-18(23)28/h3-4,9-11,13-17,25-27,30-31H,5-8H2,1-2H3,(H,21,29)(H,32,33)(H,34,35)(H,22,24,28)/t9?,10-,11?,13+,14?,15-,16-,17-/m1/s1. The van der Waals surface area contributed by atoms with Crippen LogP contribution in [-0.2, 0) is 41.4 Å². The van der Waals surface area contributed by atoms with Gasteiger partial charge in [-0.3, -0.25) is 23.4 Å². The third-order valence-electron chi connectivity index (χ3n) is 6.40. The molecule has 1 amide bonds. The van der Waals surface area contributed by atoms with Crippen molar-refractivity contribution in [2.75, 3.05) is 33.5 Å². The number of methoxy groups -OCH3 is 1. The maximum atomic E-state index is 12.6. The lowest BCUT2D eigenvalue weighted by Crippen LogP contribution is -2.65. The Kier molecular flexibility index (Phi) is 12.0. The van der Waals surface area contributed by atoms with Gasteiger partial charge in [0.15, 0.2) is 12.5 Å². The van der Waals surface area contributed by atoms with Crippen LogP contribution in [0.5, 0.6) is 0 Å². The van der Waals surface area contributed by atoms with Crippen molar-refractivity contribution in [2.24, 2.45) is 5.92 Å². The number of aromatic nitrogens is 2. The van der Waals surface area contributed by atoms with Gasteiger partial charge in [0.05, 0.1) is 19.8 Å². The second-order valence-electron chi connectivity index (χ2n) is 9.57. The van der Waals surface area contributed by atoms with E-state index in [1.165, 1.54) is 7.11 Å². The maximum Gasteiger partial charge on any atom is 0.483 e. The van der Waals surface area contributed by atoms with E-state index >= 15 is 0 Å². The van der Waals surface area contributed by atoms with Gasteiger partial charge in [0, 0.05) is 25.3 Å². The summed E-state index contributed by atoms with van der Waals surface area (Å²) in [6, 6.07) is 0.927. The Morgan fingerprint density at radius 3 is 2.43 bits per heavy atom. The highest BCUT2D eigenvalue weighted by molar-refractivity contribution is 7.61. The average molecular weight is 681 g/mol. The SMILES string of the molecule is COCCOC(=O)NCC1O[C@H](OP(=O)(O)OP(=O)(O)OC[C@H]2O[C@@H](n3ccc(=O)[nH]c3=O)C(O)[C@H]2O)C(C)[C@@H](O)C1(O)O. The number of amides is 1. The lowest BCUT2D eigenvalue weighted by atomic mass is 9.89. The first kappa shape index (κ1) is 36.4. The molecule has 44 heavy (non-hydrogen) atoms. The number of hydrogen-bond acceptors (Lipinski definition) is 17. The van der Waals surface area contributed by atoms with Crippen LogP contribution in [0.2, 0.25) is 0 Å². The number of aliphatic hydroxyl groups is 5. The van der Waals surface area contributed by atoms with E-state index in [-0.39, 0.29) is 13.2 Å². The molecule has 2 saturated heterocycles. The predicted octanol–water partition coefficient (Wildman–Crippen LogP) is -3.82. The van der Waals surface area contributed by atoms with E-state index in [0.717, 1.165) is 23.8 Å². The van der Waals surface area contributed by atoms with Crippen LogP contribution < -0.4 is 16.6 Å². The summed E-state index contributed by atoms with van der Waals surface area (Å²) < 4.78 is 59.2. The van der Waals surface area contributed by atoms with Gasteiger partial charge in [-0.25, -0.2) is 18.7 Å². The van der Waals surface area contributed by atoms with E-state index in [2.05, 4.69) is 14.2 Å². The van der Waals surface area contributed by atoms with E-state index in [0.29, 0.717) is 0 Å². The van der Waals surface area contributed by atoms with E-state index in [1.54, 1.807) is 0 Å². The van der Waals surface area contributed by atoms with Gasteiger partial charge in [0.25, 0.3) is 5.56 Å². The highest BCUT2D eigenvalue weighted by Gasteiger charge is 2.55. The molecule has 3 rings (SSSR count). The van der Waals surface area contributed by atoms with Gasteiger partial charge in [0.2, 0.25) is 5.79 Å². The average Bonchev–Trinajstić information content (AvgIpc) is 3.20. The van der Waals surface area contributed by atoms with Crippen LogP contribution in [0.15, 0.2) is 21.9 Å². The van der Waals surface area contributed by atoms with Crippen molar-refractivity contribution in [1.82, 2.24) is 14.9 Å². The first-order chi connectivity index (χ1) is 20.4. The molecule has 0 saturated carbocycles. The third-order valence-corrected chi connectivity index (χ3v) is 9.00. The Balaban J connectivity index is 1.60. The van der Waals surface area contributed by atoms with E-state index < -0.39 is 101 Å². The first-order valence-electron chi connectivity index (χ1n) is 12.6. The molecule has 5 unspecified atom stereocenters. The molecule has 1 aromatic heterocycles. The van der Waals surface area contributed by atoms with Gasteiger partial charge in [-0.2, -0.15) is 4.31 Å². The Morgan fingerprint density at radius 1 is 1.11 bits per heavy atom. The fourth-order valence-electron chi connectivity index (χ4n) is 4.07. The summed E-state index contributed by atoms with van der Waals surface area (Å²) in [6.07, 6.45) is -12.8. The number of H-pyrrole nitrogens is 1. The van der Waals surface area contributed by atoms with Crippen molar-refractivity contribution in [3.63, 3.8) is 0 Å². The smallest absolute Gasteiger partial charge is 0.447 e. The molecule has 0 aromatic carbocycles. The molecule has 22 nitrogen and oxygen atoms in total. The van der Waals surface area contributed by atoms with Gasteiger partial charge < -0.3 is 59.6 Å². The number of aromatic amines is 1. The zero-order valence-electron chi connectivity index (χ0n) is 23.0. The lowest BCUT2D eigenvalue weighted by molar-refractivity contribution is -0.360. The molecule has 0 spiro atoms. The summed E-state index contributed by atoms with van der Waals surface area (Å²) in [5.41, 5.74) is -1.76. The first-order valence-corrected chi connectivity index (χ1v) is 15.6. The molecule has 2 fully saturated rings. The molecule has 24 heteroatoms. The minimum Gasteiger partial charge on any atom is -0.447 e. The van der Waals surface area contributed by atoms with E-state index in [1.807, 2.05) is 4.98 Å². The number of nitrogens with one attached hydrogen (secondary N) is 2. The summed E-state index contributed by atoms with van der Waals surface area (Å²) in [5, 5.41) is 53.5. The number of phosphoric acid groups is 2. The maximum absolute atomic E-state index is 12.6. The molecule has 1 aromatic rings. The number of phosphoric ester groups is 2. The Hall–Kier alpha value is -2.11.